The number of amides is 1. The van der Waals surface area contributed by atoms with Gasteiger partial charge in [0, 0.05) is 18.8 Å². The Morgan fingerprint density at radius 1 is 1.07 bits per heavy atom. The van der Waals surface area contributed by atoms with E-state index in [9.17, 15) is 13.2 Å². The number of fused-ring (bicyclic) bond motifs is 1. The summed E-state index contributed by atoms with van der Waals surface area (Å²) in [5.74, 6) is 0.257. The lowest BCUT2D eigenvalue weighted by atomic mass is 10.1. The smallest absolute Gasteiger partial charge is 0.241 e. The molecule has 0 saturated heterocycles. The number of anilines is 1. The van der Waals surface area contributed by atoms with Crippen LogP contribution < -0.4 is 10.0 Å². The lowest BCUT2D eigenvalue weighted by Gasteiger charge is -2.21. The summed E-state index contributed by atoms with van der Waals surface area (Å²) in [6, 6.07) is 10.9. The Hall–Kier alpha value is -2.78. The van der Waals surface area contributed by atoms with Gasteiger partial charge in [-0.1, -0.05) is 19.9 Å². The summed E-state index contributed by atoms with van der Waals surface area (Å²) >= 11 is 0. The van der Waals surface area contributed by atoms with E-state index >= 15 is 0 Å². The normalized spacial score (nSPS) is 13.0. The third kappa shape index (κ3) is 4.15. The number of nitrogens with one attached hydrogen (secondary N) is 2. The van der Waals surface area contributed by atoms with Crippen molar-refractivity contribution in [3.8, 4) is 0 Å². The van der Waals surface area contributed by atoms with Gasteiger partial charge in [-0.2, -0.15) is 0 Å². The maximum atomic E-state index is 12.9. The molecule has 3 rings (SSSR count). The molecule has 27 heavy (non-hydrogen) atoms. The zero-order valence-corrected chi connectivity index (χ0v) is 16.1. The molecule has 0 bridgehead atoms. The second-order valence-corrected chi connectivity index (χ2v) is 8.25. The number of pyridine rings is 1. The van der Waals surface area contributed by atoms with Crippen LogP contribution in [-0.2, 0) is 14.8 Å². The van der Waals surface area contributed by atoms with Gasteiger partial charge in [-0.3, -0.25) is 9.20 Å². The van der Waals surface area contributed by atoms with Crippen LogP contribution in [0.2, 0.25) is 0 Å². The zero-order valence-electron chi connectivity index (χ0n) is 15.2. The van der Waals surface area contributed by atoms with Crippen LogP contribution in [0.4, 0.5) is 5.69 Å². The van der Waals surface area contributed by atoms with Gasteiger partial charge in [0.05, 0.1) is 10.9 Å². The summed E-state index contributed by atoms with van der Waals surface area (Å²) in [5, 5.41) is 10.9. The number of sulfonamides is 1. The second kappa shape index (κ2) is 7.45. The van der Waals surface area contributed by atoms with Crippen molar-refractivity contribution in [1.82, 2.24) is 19.3 Å². The Labute approximate surface area is 157 Å². The highest BCUT2D eigenvalue weighted by Crippen LogP contribution is 2.24. The largest absolute Gasteiger partial charge is 0.326 e. The van der Waals surface area contributed by atoms with Crippen molar-refractivity contribution < 1.29 is 13.2 Å². The van der Waals surface area contributed by atoms with E-state index in [1.165, 1.54) is 19.1 Å². The lowest BCUT2D eigenvalue weighted by molar-refractivity contribution is -0.114. The Balaban J connectivity index is 1.90. The lowest BCUT2D eigenvalue weighted by Crippen LogP contribution is -2.33. The van der Waals surface area contributed by atoms with Gasteiger partial charge in [0.25, 0.3) is 0 Å². The molecule has 1 amide bonds. The summed E-state index contributed by atoms with van der Waals surface area (Å²) in [5.41, 5.74) is 1.18. The van der Waals surface area contributed by atoms with E-state index in [2.05, 4.69) is 20.2 Å². The van der Waals surface area contributed by atoms with E-state index in [1.807, 2.05) is 32.0 Å². The average molecular weight is 387 g/mol. The minimum atomic E-state index is -3.79. The van der Waals surface area contributed by atoms with Gasteiger partial charge in [-0.05, 0) is 42.3 Å². The van der Waals surface area contributed by atoms with Crippen LogP contribution in [0.1, 0.15) is 32.6 Å². The van der Waals surface area contributed by atoms with Crippen LogP contribution >= 0.6 is 0 Å². The van der Waals surface area contributed by atoms with Gasteiger partial charge in [-0.25, -0.2) is 13.1 Å². The molecule has 0 unspecified atom stereocenters. The number of hydrogen-bond acceptors (Lipinski definition) is 5. The fraction of sp³-hybridized carbons (Fsp3) is 0.278. The molecule has 142 valence electrons. The number of carbonyl (C=O) groups excluding carboxylic acids is 1. The summed E-state index contributed by atoms with van der Waals surface area (Å²) in [7, 11) is -3.79. The van der Waals surface area contributed by atoms with E-state index in [0.29, 0.717) is 17.2 Å². The van der Waals surface area contributed by atoms with Crippen LogP contribution in [0.25, 0.3) is 5.65 Å². The molecule has 0 saturated carbocycles. The van der Waals surface area contributed by atoms with Crippen molar-refractivity contribution in [1.29, 1.82) is 0 Å². The van der Waals surface area contributed by atoms with E-state index in [-0.39, 0.29) is 16.7 Å². The molecule has 9 heteroatoms. The molecule has 2 aromatic heterocycles. The van der Waals surface area contributed by atoms with Gasteiger partial charge >= 0.3 is 0 Å². The van der Waals surface area contributed by atoms with Gasteiger partial charge in [0.15, 0.2) is 11.5 Å². The van der Waals surface area contributed by atoms with Crippen molar-refractivity contribution in [2.75, 3.05) is 5.32 Å². The highest BCUT2D eigenvalue weighted by molar-refractivity contribution is 7.89. The molecule has 1 aromatic carbocycles. The molecule has 0 fully saturated rings. The van der Waals surface area contributed by atoms with Crippen LogP contribution in [0.3, 0.4) is 0 Å². The van der Waals surface area contributed by atoms with Crippen molar-refractivity contribution in [2.45, 2.75) is 31.7 Å². The molecule has 2 heterocycles. The van der Waals surface area contributed by atoms with Crippen molar-refractivity contribution in [2.24, 2.45) is 5.92 Å². The molecular weight excluding hydrogens is 366 g/mol. The van der Waals surface area contributed by atoms with Crippen molar-refractivity contribution in [3.63, 3.8) is 0 Å². The predicted molar refractivity (Wildman–Crippen MR) is 102 cm³/mol. The van der Waals surface area contributed by atoms with Crippen LogP contribution in [-0.4, -0.2) is 28.9 Å². The quantitative estimate of drug-likeness (QED) is 0.675. The van der Waals surface area contributed by atoms with Gasteiger partial charge in [0.2, 0.25) is 15.9 Å². The van der Waals surface area contributed by atoms with E-state index in [0.717, 1.165) is 0 Å². The first-order chi connectivity index (χ1) is 12.8. The van der Waals surface area contributed by atoms with Crippen molar-refractivity contribution >= 4 is 27.3 Å². The maximum absolute atomic E-state index is 12.9. The van der Waals surface area contributed by atoms with Gasteiger partial charge in [-0.15, -0.1) is 10.2 Å². The third-order valence-corrected chi connectivity index (χ3v) is 5.51. The van der Waals surface area contributed by atoms with E-state index in [4.69, 9.17) is 0 Å². The predicted octanol–water partition coefficient (Wildman–Crippen LogP) is 2.36. The molecule has 2 N–H and O–H groups in total. The van der Waals surface area contributed by atoms with Gasteiger partial charge < -0.3 is 5.32 Å². The summed E-state index contributed by atoms with van der Waals surface area (Å²) in [6.45, 7) is 5.22. The fourth-order valence-corrected chi connectivity index (χ4v) is 4.06. The van der Waals surface area contributed by atoms with E-state index < -0.39 is 16.1 Å². The number of benzene rings is 1. The first kappa shape index (κ1) is 19.0. The molecule has 0 spiro atoms. The Morgan fingerprint density at radius 3 is 2.41 bits per heavy atom. The van der Waals surface area contributed by atoms with E-state index in [1.54, 1.807) is 22.7 Å². The number of nitrogens with zero attached hydrogens (tertiary/aromatic N) is 3. The third-order valence-electron chi connectivity index (χ3n) is 4.05. The SMILES string of the molecule is CC(=O)Nc1ccc(S(=O)(=O)N[C@H](c2nnc3ccccn23)C(C)C)cc1. The average Bonchev–Trinajstić information content (AvgIpc) is 3.03. The summed E-state index contributed by atoms with van der Waals surface area (Å²) in [4.78, 5) is 11.2. The first-order valence-electron chi connectivity index (χ1n) is 8.47. The fourth-order valence-electron chi connectivity index (χ4n) is 2.71. The minimum absolute atomic E-state index is 0.0500. The van der Waals surface area contributed by atoms with Crippen LogP contribution in [0.15, 0.2) is 53.6 Å². The number of carbonyl (C=O) groups is 1. The molecule has 0 aliphatic heterocycles. The Morgan fingerprint density at radius 2 is 1.78 bits per heavy atom. The Kier molecular flexibility index (Phi) is 5.24. The molecule has 1 atom stereocenters. The number of aromatic nitrogens is 3. The monoisotopic (exact) mass is 387 g/mol. The summed E-state index contributed by atoms with van der Waals surface area (Å²) < 4.78 is 30.2. The van der Waals surface area contributed by atoms with Crippen LogP contribution in [0.5, 0.6) is 0 Å². The highest BCUT2D eigenvalue weighted by atomic mass is 32.2. The molecule has 0 aliphatic carbocycles. The standard InChI is InChI=1S/C18H21N5O3S/c1-12(2)17(18-21-20-16-6-4-5-11-23(16)18)22-27(25,26)15-9-7-14(8-10-15)19-13(3)24/h4-12,17,22H,1-3H3,(H,19,24)/t17-/m0/s1. The molecule has 8 nitrogen and oxygen atoms in total. The van der Waals surface area contributed by atoms with Crippen LogP contribution in [0, 0.1) is 5.92 Å². The zero-order chi connectivity index (χ0) is 19.6. The molecule has 0 radical (unpaired) electrons. The first-order valence-corrected chi connectivity index (χ1v) is 9.96. The minimum Gasteiger partial charge on any atom is -0.326 e. The van der Waals surface area contributed by atoms with Crippen molar-refractivity contribution in [3.05, 3.63) is 54.5 Å². The second-order valence-electron chi connectivity index (χ2n) is 6.54. The molecular formula is C18H21N5O3S. The number of rotatable bonds is 6. The maximum Gasteiger partial charge on any atom is 0.241 e. The topological polar surface area (TPSA) is 105 Å². The molecule has 3 aromatic rings. The highest BCUT2D eigenvalue weighted by Gasteiger charge is 2.27. The summed E-state index contributed by atoms with van der Waals surface area (Å²) in [6.07, 6.45) is 1.80. The number of hydrogen-bond donors (Lipinski definition) is 2. The Bertz CT molecular complexity index is 1060. The molecule has 0 aliphatic rings. The van der Waals surface area contributed by atoms with Gasteiger partial charge in [0.1, 0.15) is 0 Å².